The van der Waals surface area contributed by atoms with E-state index in [9.17, 15) is 9.59 Å². The van der Waals surface area contributed by atoms with Crippen LogP contribution in [0.5, 0.6) is 0 Å². The van der Waals surface area contributed by atoms with Crippen molar-refractivity contribution in [3.8, 4) is 0 Å². The van der Waals surface area contributed by atoms with Gasteiger partial charge in [-0.1, -0.05) is 35.9 Å². The van der Waals surface area contributed by atoms with Crippen LogP contribution in [0, 0.1) is 6.92 Å². The van der Waals surface area contributed by atoms with Gasteiger partial charge in [-0.2, -0.15) is 0 Å². The highest BCUT2D eigenvalue weighted by Crippen LogP contribution is 2.24. The number of rotatable bonds is 4. The Balaban J connectivity index is 1.74. The molecule has 2 aromatic rings. The van der Waals surface area contributed by atoms with E-state index in [2.05, 4.69) is 5.32 Å². The molecule has 25 heavy (non-hydrogen) atoms. The van der Waals surface area contributed by atoms with Gasteiger partial charge < -0.3 is 11.1 Å². The smallest absolute Gasteiger partial charge is 0.238 e. The van der Waals surface area contributed by atoms with E-state index in [1.54, 1.807) is 18.2 Å². The summed E-state index contributed by atoms with van der Waals surface area (Å²) in [5.41, 5.74) is 9.38. The number of primary amides is 1. The van der Waals surface area contributed by atoms with Gasteiger partial charge in [0.1, 0.15) is 0 Å². The summed E-state index contributed by atoms with van der Waals surface area (Å²) in [4.78, 5) is 26.1. The van der Waals surface area contributed by atoms with Crippen LogP contribution in [0.3, 0.4) is 0 Å². The Morgan fingerprint density at radius 2 is 1.96 bits per heavy atom. The van der Waals surface area contributed by atoms with Crippen LogP contribution in [-0.4, -0.2) is 29.3 Å². The molecule has 0 unspecified atom stereocenters. The van der Waals surface area contributed by atoms with Crippen LogP contribution in [0.25, 0.3) is 0 Å². The fourth-order valence-corrected chi connectivity index (χ4v) is 3.39. The van der Waals surface area contributed by atoms with E-state index < -0.39 is 11.9 Å². The summed E-state index contributed by atoms with van der Waals surface area (Å²) in [7, 11) is 0. The first-order valence-electron chi connectivity index (χ1n) is 8.10. The van der Waals surface area contributed by atoms with Crippen molar-refractivity contribution in [2.45, 2.75) is 25.9 Å². The Labute approximate surface area is 151 Å². The number of nitrogens with two attached hydrogens (primary N) is 1. The van der Waals surface area contributed by atoms with E-state index in [-0.39, 0.29) is 12.5 Å². The van der Waals surface area contributed by atoms with E-state index in [1.165, 1.54) is 0 Å². The number of nitrogens with zero attached hydrogens (tertiary/aromatic N) is 1. The zero-order valence-corrected chi connectivity index (χ0v) is 14.7. The zero-order valence-electron chi connectivity index (χ0n) is 14.0. The van der Waals surface area contributed by atoms with Crippen LogP contribution < -0.4 is 11.1 Å². The summed E-state index contributed by atoms with van der Waals surface area (Å²) in [6.07, 6.45) is 0.527. The number of fused-ring (bicyclic) bond motifs is 1. The highest BCUT2D eigenvalue weighted by molar-refractivity contribution is 6.30. The molecule has 0 fully saturated rings. The molecule has 0 spiro atoms. The van der Waals surface area contributed by atoms with Gasteiger partial charge in [0.25, 0.3) is 0 Å². The maximum Gasteiger partial charge on any atom is 0.238 e. The first kappa shape index (κ1) is 17.5. The number of halogens is 1. The quantitative estimate of drug-likeness (QED) is 0.882. The maximum absolute atomic E-state index is 12.5. The number of carbonyl (C=O) groups is 2. The molecule has 130 valence electrons. The Morgan fingerprint density at radius 1 is 1.24 bits per heavy atom. The van der Waals surface area contributed by atoms with Crippen LogP contribution in [0.4, 0.5) is 5.69 Å². The topological polar surface area (TPSA) is 75.4 Å². The number of aryl methyl sites for hydroxylation is 1. The molecule has 6 heteroatoms. The van der Waals surface area contributed by atoms with Gasteiger partial charge in [0, 0.05) is 17.3 Å². The number of benzene rings is 2. The molecule has 0 saturated carbocycles. The second-order valence-electron chi connectivity index (χ2n) is 6.30. The first-order chi connectivity index (χ1) is 11.9. The van der Waals surface area contributed by atoms with Gasteiger partial charge in [0.2, 0.25) is 11.8 Å². The predicted octanol–water partition coefficient (Wildman–Crippen LogP) is 2.50. The third-order valence-corrected chi connectivity index (χ3v) is 4.72. The Morgan fingerprint density at radius 3 is 2.64 bits per heavy atom. The molecule has 0 aromatic heterocycles. The van der Waals surface area contributed by atoms with Crippen molar-refractivity contribution >= 4 is 29.1 Å². The molecule has 1 heterocycles. The second kappa shape index (κ2) is 7.25. The number of nitrogens with one attached hydrogen (secondary N) is 1. The lowest BCUT2D eigenvalue weighted by Crippen LogP contribution is -2.50. The minimum atomic E-state index is -0.480. The van der Waals surface area contributed by atoms with E-state index in [1.807, 2.05) is 36.1 Å². The molecular weight excluding hydrogens is 338 g/mol. The van der Waals surface area contributed by atoms with Crippen molar-refractivity contribution in [1.29, 1.82) is 0 Å². The van der Waals surface area contributed by atoms with Crippen molar-refractivity contribution < 1.29 is 9.59 Å². The molecule has 0 bridgehead atoms. The fraction of sp³-hybridized carbons (Fsp3) is 0.263. The summed E-state index contributed by atoms with van der Waals surface area (Å²) in [6.45, 7) is 2.51. The molecule has 2 aromatic carbocycles. The molecule has 0 saturated heterocycles. The van der Waals surface area contributed by atoms with E-state index >= 15 is 0 Å². The number of amides is 2. The molecule has 2 amide bonds. The summed E-state index contributed by atoms with van der Waals surface area (Å²) in [6, 6.07) is 12.7. The van der Waals surface area contributed by atoms with Crippen LogP contribution in [0.2, 0.25) is 5.02 Å². The Hall–Kier alpha value is -2.37. The number of hydrogen-bond donors (Lipinski definition) is 2. The molecule has 3 N–H and O–H groups in total. The average Bonchev–Trinajstić information content (AvgIpc) is 2.56. The van der Waals surface area contributed by atoms with Crippen molar-refractivity contribution in [2.24, 2.45) is 5.73 Å². The molecular formula is C19H20ClN3O2. The number of hydrogen-bond acceptors (Lipinski definition) is 3. The van der Waals surface area contributed by atoms with E-state index in [0.29, 0.717) is 23.7 Å². The molecule has 1 aliphatic heterocycles. The molecule has 1 atom stereocenters. The lowest BCUT2D eigenvalue weighted by Gasteiger charge is -2.34. The Bertz CT molecular complexity index is 822. The van der Waals surface area contributed by atoms with Gasteiger partial charge in [-0.15, -0.1) is 0 Å². The summed E-state index contributed by atoms with van der Waals surface area (Å²) in [5, 5.41) is 3.50. The average molecular weight is 358 g/mol. The lowest BCUT2D eigenvalue weighted by atomic mass is 9.93. The predicted molar refractivity (Wildman–Crippen MR) is 98.4 cm³/mol. The fourth-order valence-electron chi connectivity index (χ4n) is 3.17. The van der Waals surface area contributed by atoms with Crippen LogP contribution in [-0.2, 0) is 22.6 Å². The Kier molecular flexibility index (Phi) is 5.06. The normalized spacial score (nSPS) is 17.0. The molecule has 5 nitrogen and oxygen atoms in total. The monoisotopic (exact) mass is 357 g/mol. The van der Waals surface area contributed by atoms with Crippen LogP contribution in [0.1, 0.15) is 16.7 Å². The molecule has 1 aliphatic rings. The summed E-state index contributed by atoms with van der Waals surface area (Å²) in [5.74, 6) is -0.596. The van der Waals surface area contributed by atoms with Crippen molar-refractivity contribution in [2.75, 3.05) is 11.9 Å². The SMILES string of the molecule is Cc1cc(Cl)ccc1NC(=O)CN1Cc2ccccc2C[C@@H]1C(N)=O. The lowest BCUT2D eigenvalue weighted by molar-refractivity contribution is -0.125. The van der Waals surface area contributed by atoms with E-state index in [0.717, 1.165) is 16.7 Å². The van der Waals surface area contributed by atoms with Crippen LogP contribution >= 0.6 is 11.6 Å². The second-order valence-corrected chi connectivity index (χ2v) is 6.74. The standard InChI is InChI=1S/C19H20ClN3O2/c1-12-8-15(20)6-7-16(12)22-18(24)11-23-10-14-5-3-2-4-13(14)9-17(23)19(21)25/h2-8,17H,9-11H2,1H3,(H2,21,25)(H,22,24)/t17-/m1/s1. The molecule has 3 rings (SSSR count). The molecule has 0 aliphatic carbocycles. The minimum Gasteiger partial charge on any atom is -0.368 e. The van der Waals surface area contributed by atoms with Gasteiger partial charge in [0.15, 0.2) is 0 Å². The van der Waals surface area contributed by atoms with Crippen molar-refractivity contribution in [3.63, 3.8) is 0 Å². The van der Waals surface area contributed by atoms with E-state index in [4.69, 9.17) is 17.3 Å². The zero-order chi connectivity index (χ0) is 18.0. The van der Waals surface area contributed by atoms with Gasteiger partial charge in [-0.25, -0.2) is 0 Å². The summed E-state index contributed by atoms with van der Waals surface area (Å²) < 4.78 is 0. The van der Waals surface area contributed by atoms with Gasteiger partial charge in [-0.05, 0) is 48.2 Å². The van der Waals surface area contributed by atoms with Gasteiger partial charge >= 0.3 is 0 Å². The number of carbonyl (C=O) groups excluding carboxylic acids is 2. The van der Waals surface area contributed by atoms with Crippen molar-refractivity contribution in [1.82, 2.24) is 4.90 Å². The van der Waals surface area contributed by atoms with Crippen molar-refractivity contribution in [3.05, 3.63) is 64.2 Å². The summed E-state index contributed by atoms with van der Waals surface area (Å²) >= 11 is 5.94. The first-order valence-corrected chi connectivity index (χ1v) is 8.48. The van der Waals surface area contributed by atoms with Crippen LogP contribution in [0.15, 0.2) is 42.5 Å². The third-order valence-electron chi connectivity index (χ3n) is 4.48. The molecule has 0 radical (unpaired) electrons. The van der Waals surface area contributed by atoms with Gasteiger partial charge in [-0.3, -0.25) is 14.5 Å². The highest BCUT2D eigenvalue weighted by Gasteiger charge is 2.31. The van der Waals surface area contributed by atoms with Gasteiger partial charge in [0.05, 0.1) is 12.6 Å². The maximum atomic E-state index is 12.5. The minimum absolute atomic E-state index is 0.101. The highest BCUT2D eigenvalue weighted by atomic mass is 35.5. The number of anilines is 1. The largest absolute Gasteiger partial charge is 0.368 e. The third kappa shape index (κ3) is 4.00.